The van der Waals surface area contributed by atoms with Gasteiger partial charge in [0.05, 0.1) is 16.8 Å². The highest BCUT2D eigenvalue weighted by molar-refractivity contribution is 7.13. The molecular weight excluding hydrogens is 356 g/mol. The fourth-order valence-electron chi connectivity index (χ4n) is 2.52. The van der Waals surface area contributed by atoms with Crippen molar-refractivity contribution >= 4 is 44.9 Å². The van der Waals surface area contributed by atoms with E-state index in [0.717, 1.165) is 16.5 Å². The van der Waals surface area contributed by atoms with Gasteiger partial charge < -0.3 is 0 Å². The third kappa shape index (κ3) is 3.22. The van der Waals surface area contributed by atoms with E-state index in [0.29, 0.717) is 21.4 Å². The van der Waals surface area contributed by atoms with E-state index in [9.17, 15) is 4.79 Å². The monoisotopic (exact) mass is 366 g/mol. The Hall–Kier alpha value is -2.83. The first-order chi connectivity index (χ1) is 12.2. The van der Waals surface area contributed by atoms with Gasteiger partial charge in [0.2, 0.25) is 5.13 Å². The summed E-state index contributed by atoms with van der Waals surface area (Å²) in [6.07, 6.45) is 0. The molecule has 0 saturated carbocycles. The summed E-state index contributed by atoms with van der Waals surface area (Å²) in [5.74, 6) is -0.245. The van der Waals surface area contributed by atoms with Crippen molar-refractivity contribution in [3.8, 4) is 11.3 Å². The first-order valence-electron chi connectivity index (χ1n) is 7.44. The SMILES string of the molecule is O=C(Nc1nncs1)c1cc(-c2ccc(Cl)cc2)nc2ccccc12. The summed E-state index contributed by atoms with van der Waals surface area (Å²) in [7, 11) is 0. The topological polar surface area (TPSA) is 67.8 Å². The molecule has 0 spiro atoms. The van der Waals surface area contributed by atoms with Crippen molar-refractivity contribution in [2.45, 2.75) is 0 Å². The zero-order valence-electron chi connectivity index (χ0n) is 12.8. The number of carbonyl (C=O) groups is 1. The lowest BCUT2D eigenvalue weighted by Gasteiger charge is -2.09. The summed E-state index contributed by atoms with van der Waals surface area (Å²) in [5.41, 5.74) is 4.44. The predicted octanol–water partition coefficient (Wildman–Crippen LogP) is 4.66. The highest BCUT2D eigenvalue weighted by Crippen LogP contribution is 2.26. The first-order valence-corrected chi connectivity index (χ1v) is 8.70. The van der Waals surface area contributed by atoms with Crippen LogP contribution < -0.4 is 5.32 Å². The second kappa shape index (κ2) is 6.58. The highest BCUT2D eigenvalue weighted by Gasteiger charge is 2.15. The van der Waals surface area contributed by atoms with Crippen molar-refractivity contribution in [1.82, 2.24) is 15.2 Å². The van der Waals surface area contributed by atoms with E-state index < -0.39 is 0 Å². The van der Waals surface area contributed by atoms with E-state index in [4.69, 9.17) is 11.6 Å². The molecule has 0 atom stereocenters. The van der Waals surface area contributed by atoms with Crippen LogP contribution in [0.15, 0.2) is 60.1 Å². The second-order valence-corrected chi connectivity index (χ2v) is 6.55. The van der Waals surface area contributed by atoms with E-state index in [1.54, 1.807) is 23.7 Å². The van der Waals surface area contributed by atoms with Crippen LogP contribution in [0.1, 0.15) is 10.4 Å². The van der Waals surface area contributed by atoms with Gasteiger partial charge in [-0.2, -0.15) is 0 Å². The quantitative estimate of drug-likeness (QED) is 0.572. The van der Waals surface area contributed by atoms with Crippen molar-refractivity contribution < 1.29 is 4.79 Å². The number of carbonyl (C=O) groups excluding carboxylic acids is 1. The molecule has 2 aromatic carbocycles. The molecule has 4 aromatic rings. The predicted molar refractivity (Wildman–Crippen MR) is 100 cm³/mol. The summed E-state index contributed by atoms with van der Waals surface area (Å²) in [6, 6.07) is 16.7. The Morgan fingerprint density at radius 2 is 1.88 bits per heavy atom. The Labute approximate surface area is 152 Å². The number of aromatic nitrogens is 3. The lowest BCUT2D eigenvalue weighted by Crippen LogP contribution is -2.13. The number of halogens is 1. The second-order valence-electron chi connectivity index (χ2n) is 5.28. The summed E-state index contributed by atoms with van der Waals surface area (Å²) < 4.78 is 0. The maximum Gasteiger partial charge on any atom is 0.258 e. The molecule has 0 saturated heterocycles. The zero-order chi connectivity index (χ0) is 17.2. The number of hydrogen-bond donors (Lipinski definition) is 1. The molecule has 25 heavy (non-hydrogen) atoms. The van der Waals surface area contributed by atoms with Crippen molar-refractivity contribution in [2.24, 2.45) is 0 Å². The maximum atomic E-state index is 12.7. The van der Waals surface area contributed by atoms with E-state index in [-0.39, 0.29) is 5.91 Å². The van der Waals surface area contributed by atoms with Crippen molar-refractivity contribution in [1.29, 1.82) is 0 Å². The van der Waals surface area contributed by atoms with Gasteiger partial charge in [-0.3, -0.25) is 10.1 Å². The van der Waals surface area contributed by atoms with Crippen molar-refractivity contribution in [2.75, 3.05) is 5.32 Å². The molecule has 2 aromatic heterocycles. The number of amides is 1. The smallest absolute Gasteiger partial charge is 0.258 e. The van der Waals surface area contributed by atoms with E-state index in [1.807, 2.05) is 36.4 Å². The number of hydrogen-bond acceptors (Lipinski definition) is 5. The van der Waals surface area contributed by atoms with Gasteiger partial charge in [0.1, 0.15) is 5.51 Å². The molecule has 122 valence electrons. The van der Waals surface area contributed by atoms with Crippen LogP contribution in [0, 0.1) is 0 Å². The summed E-state index contributed by atoms with van der Waals surface area (Å²) >= 11 is 7.23. The van der Waals surface area contributed by atoms with Crippen LogP contribution in [0.3, 0.4) is 0 Å². The van der Waals surface area contributed by atoms with Crippen LogP contribution in [0.25, 0.3) is 22.2 Å². The maximum absolute atomic E-state index is 12.7. The van der Waals surface area contributed by atoms with Crippen LogP contribution in [0.2, 0.25) is 5.02 Å². The number of nitrogens with one attached hydrogen (secondary N) is 1. The third-order valence-electron chi connectivity index (χ3n) is 3.68. The Morgan fingerprint density at radius 3 is 2.64 bits per heavy atom. The molecule has 1 N–H and O–H groups in total. The molecule has 4 rings (SSSR count). The molecule has 1 amide bonds. The molecule has 0 bridgehead atoms. The first kappa shape index (κ1) is 15.7. The molecule has 2 heterocycles. The average molecular weight is 367 g/mol. The van der Waals surface area contributed by atoms with Gasteiger partial charge in [-0.1, -0.05) is 53.3 Å². The molecule has 0 fully saturated rings. The fraction of sp³-hybridized carbons (Fsp3) is 0. The van der Waals surface area contributed by atoms with E-state index in [1.165, 1.54) is 11.3 Å². The third-order valence-corrected chi connectivity index (χ3v) is 4.54. The minimum atomic E-state index is -0.245. The molecule has 5 nitrogen and oxygen atoms in total. The highest BCUT2D eigenvalue weighted by atomic mass is 35.5. The van der Waals surface area contributed by atoms with Gasteiger partial charge >= 0.3 is 0 Å². The molecule has 0 aliphatic heterocycles. The van der Waals surface area contributed by atoms with Crippen LogP contribution in [-0.4, -0.2) is 21.1 Å². The van der Waals surface area contributed by atoms with E-state index >= 15 is 0 Å². The summed E-state index contributed by atoms with van der Waals surface area (Å²) in [4.78, 5) is 17.4. The molecule has 0 radical (unpaired) electrons. The lowest BCUT2D eigenvalue weighted by molar-refractivity contribution is 0.102. The van der Waals surface area contributed by atoms with Gasteiger partial charge in [0, 0.05) is 16.0 Å². The average Bonchev–Trinajstić information content (AvgIpc) is 3.14. The van der Waals surface area contributed by atoms with Crippen LogP contribution in [0.5, 0.6) is 0 Å². The van der Waals surface area contributed by atoms with E-state index in [2.05, 4.69) is 20.5 Å². The van der Waals surface area contributed by atoms with Crippen LogP contribution in [0.4, 0.5) is 5.13 Å². The van der Waals surface area contributed by atoms with Gasteiger partial charge in [-0.05, 0) is 24.3 Å². The largest absolute Gasteiger partial charge is 0.296 e. The number of pyridine rings is 1. The molecule has 0 unspecified atom stereocenters. The van der Waals surface area contributed by atoms with Crippen molar-refractivity contribution in [3.05, 3.63) is 70.7 Å². The Kier molecular flexibility index (Phi) is 4.13. The van der Waals surface area contributed by atoms with Crippen molar-refractivity contribution in [3.63, 3.8) is 0 Å². The zero-order valence-corrected chi connectivity index (χ0v) is 14.4. The number of para-hydroxylation sites is 1. The summed E-state index contributed by atoms with van der Waals surface area (Å²) in [5, 5.41) is 12.3. The lowest BCUT2D eigenvalue weighted by atomic mass is 10.0. The van der Waals surface area contributed by atoms with Gasteiger partial charge in [0.25, 0.3) is 5.91 Å². The number of nitrogens with zero attached hydrogens (tertiary/aromatic N) is 3. The Morgan fingerprint density at radius 1 is 1.08 bits per heavy atom. The van der Waals surface area contributed by atoms with Gasteiger partial charge in [-0.15, -0.1) is 10.2 Å². The van der Waals surface area contributed by atoms with Gasteiger partial charge in [0.15, 0.2) is 0 Å². The van der Waals surface area contributed by atoms with Gasteiger partial charge in [-0.25, -0.2) is 4.98 Å². The minimum absolute atomic E-state index is 0.245. The number of benzene rings is 2. The number of fused-ring (bicyclic) bond motifs is 1. The molecule has 0 aliphatic carbocycles. The fourth-order valence-corrected chi connectivity index (χ4v) is 3.09. The van der Waals surface area contributed by atoms with Crippen LogP contribution >= 0.6 is 22.9 Å². The standard InChI is InChI=1S/C18H11ClN4OS/c19-12-7-5-11(6-8-12)16-9-14(13-3-1-2-4-15(13)21-16)17(24)22-18-23-20-10-25-18/h1-10H,(H,22,23,24). The molecule has 7 heteroatoms. The minimum Gasteiger partial charge on any atom is -0.296 e. The van der Waals surface area contributed by atoms with Crippen LogP contribution in [-0.2, 0) is 0 Å². The molecule has 0 aliphatic rings. The Balaban J connectivity index is 1.84. The summed E-state index contributed by atoms with van der Waals surface area (Å²) in [6.45, 7) is 0. The normalized spacial score (nSPS) is 10.8. The number of anilines is 1. The Bertz CT molecular complexity index is 1050. The molecular formula is C18H11ClN4OS. The number of rotatable bonds is 3.